The zero-order chi connectivity index (χ0) is 12.5. The summed E-state index contributed by atoms with van der Waals surface area (Å²) in [4.78, 5) is 5.52. The van der Waals surface area contributed by atoms with Crippen LogP contribution in [0.25, 0.3) is 10.7 Å². The molecule has 0 amide bonds. The highest BCUT2D eigenvalue weighted by atomic mass is 32.1. The molecule has 94 valence electrons. The molecule has 2 aromatic heterocycles. The second kappa shape index (κ2) is 4.62. The highest BCUT2D eigenvalue weighted by Crippen LogP contribution is 2.37. The third-order valence-electron chi connectivity index (χ3n) is 2.99. The fraction of sp³-hybridized carbons (Fsp3) is 0.417. The van der Waals surface area contributed by atoms with E-state index >= 15 is 0 Å². The standard InChI is InChI=1S/C12H13N3O2S/c1-17-10-6-5-8(14-15-10)12-13-7-3-2-4-9(16)11(7)18-12/h5-6,9,16H,2-4H2,1H3. The number of methoxy groups -OCH3 is 1. The lowest BCUT2D eigenvalue weighted by Gasteiger charge is -2.14. The number of hydrogen-bond donors (Lipinski definition) is 1. The van der Waals surface area contributed by atoms with Crippen LogP contribution >= 0.6 is 11.3 Å². The van der Waals surface area contributed by atoms with Crippen molar-refractivity contribution in [3.63, 3.8) is 0 Å². The summed E-state index contributed by atoms with van der Waals surface area (Å²) < 4.78 is 4.97. The largest absolute Gasteiger partial charge is 0.480 e. The Balaban J connectivity index is 1.96. The van der Waals surface area contributed by atoms with Crippen LogP contribution in [0.1, 0.15) is 29.5 Å². The van der Waals surface area contributed by atoms with E-state index in [1.807, 2.05) is 6.07 Å². The van der Waals surface area contributed by atoms with Crippen LogP contribution in [0.3, 0.4) is 0 Å². The first-order valence-corrected chi connectivity index (χ1v) is 6.65. The van der Waals surface area contributed by atoms with E-state index in [0.717, 1.165) is 40.5 Å². The van der Waals surface area contributed by atoms with Gasteiger partial charge < -0.3 is 9.84 Å². The Kier molecular flexibility index (Phi) is 2.97. The molecule has 0 aliphatic heterocycles. The third-order valence-corrected chi connectivity index (χ3v) is 4.21. The molecule has 1 N–H and O–H groups in total. The third kappa shape index (κ3) is 1.97. The van der Waals surface area contributed by atoms with Crippen LogP contribution in [0.2, 0.25) is 0 Å². The number of aryl methyl sites for hydroxylation is 1. The number of nitrogens with zero attached hydrogens (tertiary/aromatic N) is 3. The molecular weight excluding hydrogens is 250 g/mol. The topological polar surface area (TPSA) is 68.1 Å². The van der Waals surface area contributed by atoms with Crippen molar-refractivity contribution in [1.82, 2.24) is 15.2 Å². The highest BCUT2D eigenvalue weighted by Gasteiger charge is 2.23. The molecular formula is C12H13N3O2S. The van der Waals surface area contributed by atoms with Gasteiger partial charge in [0.1, 0.15) is 10.7 Å². The van der Waals surface area contributed by atoms with Gasteiger partial charge in [-0.3, -0.25) is 0 Å². The van der Waals surface area contributed by atoms with Gasteiger partial charge in [-0.25, -0.2) is 4.98 Å². The molecule has 2 aromatic rings. The first-order valence-electron chi connectivity index (χ1n) is 5.83. The summed E-state index contributed by atoms with van der Waals surface area (Å²) in [5, 5.41) is 18.7. The normalized spacial score (nSPS) is 18.4. The van der Waals surface area contributed by atoms with Crippen molar-refractivity contribution in [3.8, 4) is 16.6 Å². The Bertz CT molecular complexity index is 553. The minimum atomic E-state index is -0.369. The van der Waals surface area contributed by atoms with E-state index in [9.17, 15) is 5.11 Å². The van der Waals surface area contributed by atoms with Crippen LogP contribution in [0.5, 0.6) is 5.88 Å². The Morgan fingerprint density at radius 2 is 2.28 bits per heavy atom. The lowest BCUT2D eigenvalue weighted by molar-refractivity contribution is 0.160. The van der Waals surface area contributed by atoms with Crippen molar-refractivity contribution in [2.24, 2.45) is 0 Å². The quantitative estimate of drug-likeness (QED) is 0.897. The molecule has 18 heavy (non-hydrogen) atoms. The molecule has 6 heteroatoms. The predicted molar refractivity (Wildman–Crippen MR) is 67.6 cm³/mol. The highest BCUT2D eigenvalue weighted by molar-refractivity contribution is 7.15. The summed E-state index contributed by atoms with van der Waals surface area (Å²) in [6, 6.07) is 3.60. The molecule has 1 aliphatic rings. The summed E-state index contributed by atoms with van der Waals surface area (Å²) in [6.45, 7) is 0. The van der Waals surface area contributed by atoms with Gasteiger partial charge in [-0.05, 0) is 25.3 Å². The maximum absolute atomic E-state index is 9.92. The molecule has 5 nitrogen and oxygen atoms in total. The first kappa shape index (κ1) is 11.6. The molecule has 0 saturated carbocycles. The Morgan fingerprint density at radius 1 is 1.39 bits per heavy atom. The summed E-state index contributed by atoms with van der Waals surface area (Å²) in [6.07, 6.45) is 2.38. The summed E-state index contributed by atoms with van der Waals surface area (Å²) in [7, 11) is 1.56. The van der Waals surface area contributed by atoms with Crippen molar-refractivity contribution < 1.29 is 9.84 Å². The van der Waals surface area contributed by atoms with Gasteiger partial charge in [0.2, 0.25) is 5.88 Å². The van der Waals surface area contributed by atoms with E-state index < -0.39 is 0 Å². The molecule has 0 bridgehead atoms. The predicted octanol–water partition coefficient (Wildman–Crippen LogP) is 1.98. The minimum absolute atomic E-state index is 0.369. The minimum Gasteiger partial charge on any atom is -0.480 e. The van der Waals surface area contributed by atoms with Crippen LogP contribution in [-0.2, 0) is 6.42 Å². The van der Waals surface area contributed by atoms with Crippen molar-refractivity contribution in [2.45, 2.75) is 25.4 Å². The number of thiazole rings is 1. The first-order chi connectivity index (χ1) is 8.78. The smallest absolute Gasteiger partial charge is 0.233 e. The molecule has 0 saturated heterocycles. The van der Waals surface area contributed by atoms with Crippen LogP contribution in [0.15, 0.2) is 12.1 Å². The van der Waals surface area contributed by atoms with Crippen molar-refractivity contribution >= 4 is 11.3 Å². The van der Waals surface area contributed by atoms with E-state index in [0.29, 0.717) is 5.88 Å². The second-order valence-corrected chi connectivity index (χ2v) is 5.23. The zero-order valence-corrected chi connectivity index (χ0v) is 10.8. The lowest BCUT2D eigenvalue weighted by atomic mass is 10.0. The monoisotopic (exact) mass is 263 g/mol. The number of aliphatic hydroxyl groups excluding tert-OH is 1. The van der Waals surface area contributed by atoms with Gasteiger partial charge in [0.25, 0.3) is 0 Å². The molecule has 0 radical (unpaired) electrons. The fourth-order valence-electron chi connectivity index (χ4n) is 2.05. The van der Waals surface area contributed by atoms with Crippen molar-refractivity contribution in [1.29, 1.82) is 0 Å². The van der Waals surface area contributed by atoms with Gasteiger partial charge in [0.15, 0.2) is 0 Å². The number of hydrogen-bond acceptors (Lipinski definition) is 6. The number of aliphatic hydroxyl groups is 1. The maximum atomic E-state index is 9.92. The van der Waals surface area contributed by atoms with Crippen molar-refractivity contribution in [3.05, 3.63) is 22.7 Å². The Hall–Kier alpha value is -1.53. The molecule has 0 spiro atoms. The zero-order valence-electron chi connectivity index (χ0n) is 9.96. The molecule has 1 aliphatic carbocycles. The van der Waals surface area contributed by atoms with E-state index in [4.69, 9.17) is 4.74 Å². The number of aromatic nitrogens is 3. The van der Waals surface area contributed by atoms with Gasteiger partial charge in [-0.1, -0.05) is 0 Å². The fourth-order valence-corrected chi connectivity index (χ4v) is 3.15. The molecule has 2 heterocycles. The number of rotatable bonds is 2. The van der Waals surface area contributed by atoms with Gasteiger partial charge in [0, 0.05) is 6.07 Å². The van der Waals surface area contributed by atoms with Crippen molar-refractivity contribution in [2.75, 3.05) is 7.11 Å². The van der Waals surface area contributed by atoms with E-state index in [2.05, 4.69) is 15.2 Å². The van der Waals surface area contributed by atoms with Crippen LogP contribution < -0.4 is 4.74 Å². The summed E-state index contributed by atoms with van der Waals surface area (Å²) >= 11 is 1.51. The molecule has 1 unspecified atom stereocenters. The maximum Gasteiger partial charge on any atom is 0.233 e. The second-order valence-electron chi connectivity index (χ2n) is 4.20. The Labute approximate surface area is 108 Å². The SMILES string of the molecule is COc1ccc(-c2nc3c(s2)C(O)CCC3)nn1. The summed E-state index contributed by atoms with van der Waals surface area (Å²) in [5.74, 6) is 0.486. The molecule has 3 rings (SSSR count). The van der Waals surface area contributed by atoms with E-state index in [1.165, 1.54) is 11.3 Å². The van der Waals surface area contributed by atoms with Gasteiger partial charge in [-0.15, -0.1) is 21.5 Å². The van der Waals surface area contributed by atoms with Gasteiger partial charge in [0.05, 0.1) is 23.8 Å². The molecule has 1 atom stereocenters. The molecule has 0 fully saturated rings. The number of fused-ring (bicyclic) bond motifs is 1. The van der Waals surface area contributed by atoms with E-state index in [1.54, 1.807) is 13.2 Å². The van der Waals surface area contributed by atoms with Crippen LogP contribution in [-0.4, -0.2) is 27.4 Å². The average Bonchev–Trinajstić information content (AvgIpc) is 2.84. The Morgan fingerprint density at radius 3 is 2.94 bits per heavy atom. The van der Waals surface area contributed by atoms with Crippen LogP contribution in [0.4, 0.5) is 0 Å². The average molecular weight is 263 g/mol. The lowest BCUT2D eigenvalue weighted by Crippen LogP contribution is -2.06. The molecule has 0 aromatic carbocycles. The summed E-state index contributed by atoms with van der Waals surface area (Å²) in [5.41, 5.74) is 1.73. The van der Waals surface area contributed by atoms with Gasteiger partial charge >= 0.3 is 0 Å². The van der Waals surface area contributed by atoms with Crippen LogP contribution in [0, 0.1) is 0 Å². The van der Waals surface area contributed by atoms with Gasteiger partial charge in [-0.2, -0.15) is 0 Å². The number of ether oxygens (including phenoxy) is 1. The van der Waals surface area contributed by atoms with E-state index in [-0.39, 0.29) is 6.10 Å².